The van der Waals surface area contributed by atoms with Gasteiger partial charge in [-0.3, -0.25) is 0 Å². The molecule has 1 heteroatoms. The first-order valence-electron chi connectivity index (χ1n) is 6.04. The van der Waals surface area contributed by atoms with Crippen LogP contribution in [0.1, 0.15) is 40.0 Å². The molecule has 1 N–H and O–H groups in total. The smallest absolute Gasteiger partial charge is 0.0802 e. The van der Waals surface area contributed by atoms with Gasteiger partial charge in [0.2, 0.25) is 0 Å². The summed E-state index contributed by atoms with van der Waals surface area (Å²) in [5.41, 5.74) is 1.89. The number of rotatable bonds is 4. The van der Waals surface area contributed by atoms with Gasteiger partial charge in [-0.15, -0.1) is 6.58 Å². The highest BCUT2D eigenvalue weighted by atomic mass is 16.3. The summed E-state index contributed by atoms with van der Waals surface area (Å²) in [5.74, 6) is 0.911. The summed E-state index contributed by atoms with van der Waals surface area (Å²) in [5, 5.41) is 10.1. The molecule has 1 nitrogen and oxygen atoms in total. The minimum Gasteiger partial charge on any atom is -0.386 e. The third-order valence-corrected chi connectivity index (χ3v) is 3.59. The van der Waals surface area contributed by atoms with Crippen molar-refractivity contribution in [2.45, 2.75) is 45.6 Å². The number of hydrogen-bond donors (Lipinski definition) is 1. The van der Waals surface area contributed by atoms with Gasteiger partial charge in [-0.2, -0.15) is 0 Å². The van der Waals surface area contributed by atoms with Gasteiger partial charge in [0.1, 0.15) is 0 Å². The van der Waals surface area contributed by atoms with Crippen LogP contribution in [0, 0.1) is 11.8 Å². The molecule has 0 aromatic carbocycles. The number of allylic oxidation sites excluding steroid dienone is 3. The van der Waals surface area contributed by atoms with E-state index in [-0.39, 0.29) is 0 Å². The van der Waals surface area contributed by atoms with Crippen LogP contribution < -0.4 is 0 Å². The van der Waals surface area contributed by atoms with Crippen molar-refractivity contribution in [1.29, 1.82) is 0 Å². The molecule has 1 rings (SSSR count). The Hall–Kier alpha value is -0.820. The zero-order valence-corrected chi connectivity index (χ0v) is 10.8. The lowest BCUT2D eigenvalue weighted by molar-refractivity contribution is 0.0799. The molecule has 0 amide bonds. The van der Waals surface area contributed by atoms with Crippen LogP contribution in [-0.4, -0.2) is 10.7 Å². The van der Waals surface area contributed by atoms with Crippen molar-refractivity contribution in [2.75, 3.05) is 0 Å². The van der Waals surface area contributed by atoms with Crippen molar-refractivity contribution in [3.63, 3.8) is 0 Å². The second-order valence-electron chi connectivity index (χ2n) is 5.43. The van der Waals surface area contributed by atoms with Crippen molar-refractivity contribution in [1.82, 2.24) is 0 Å². The Morgan fingerprint density at radius 3 is 2.81 bits per heavy atom. The molecule has 0 aromatic heterocycles. The van der Waals surface area contributed by atoms with Crippen molar-refractivity contribution in [3.8, 4) is 0 Å². The molecule has 0 saturated carbocycles. The molecule has 16 heavy (non-hydrogen) atoms. The van der Waals surface area contributed by atoms with Gasteiger partial charge in [0.25, 0.3) is 0 Å². The average molecular weight is 220 g/mol. The Bertz CT molecular complexity index is 309. The largest absolute Gasteiger partial charge is 0.386 e. The maximum atomic E-state index is 10.1. The second-order valence-corrected chi connectivity index (χ2v) is 5.43. The topological polar surface area (TPSA) is 20.2 Å². The molecule has 0 unspecified atom stereocenters. The molecule has 0 aliphatic heterocycles. The molecular weight excluding hydrogens is 196 g/mol. The molecule has 0 spiro atoms. The van der Waals surface area contributed by atoms with Crippen molar-refractivity contribution >= 4 is 0 Å². The number of hydrogen-bond acceptors (Lipinski definition) is 1. The molecule has 1 aliphatic carbocycles. The zero-order valence-electron chi connectivity index (χ0n) is 10.8. The quantitative estimate of drug-likeness (QED) is 0.713. The van der Waals surface area contributed by atoms with E-state index in [0.29, 0.717) is 11.8 Å². The van der Waals surface area contributed by atoms with Gasteiger partial charge in [0.15, 0.2) is 0 Å². The normalized spacial score (nSPS) is 29.1. The van der Waals surface area contributed by atoms with Crippen LogP contribution >= 0.6 is 0 Å². The Labute approximate surface area is 99.6 Å². The van der Waals surface area contributed by atoms with Crippen LogP contribution in [0.25, 0.3) is 0 Å². The average Bonchev–Trinajstić information content (AvgIpc) is 2.16. The monoisotopic (exact) mass is 220 g/mol. The summed E-state index contributed by atoms with van der Waals surface area (Å²) < 4.78 is 0. The first-order valence-corrected chi connectivity index (χ1v) is 6.04. The summed E-state index contributed by atoms with van der Waals surface area (Å²) in [6.07, 6.45) is 7.01. The fraction of sp³-hybridized carbons (Fsp3) is 0.600. The third kappa shape index (κ3) is 3.34. The summed E-state index contributed by atoms with van der Waals surface area (Å²) in [4.78, 5) is 0. The predicted octanol–water partition coefficient (Wildman–Crippen LogP) is 3.86. The van der Waals surface area contributed by atoms with Gasteiger partial charge in [-0.05, 0) is 51.9 Å². The van der Waals surface area contributed by atoms with Crippen LogP contribution in [0.2, 0.25) is 0 Å². The van der Waals surface area contributed by atoms with Crippen LogP contribution in [0.5, 0.6) is 0 Å². The third-order valence-electron chi connectivity index (χ3n) is 3.59. The molecule has 1 aliphatic rings. The standard InChI is InChI=1S/C15H24O/c1-6-15(5,16)10-13-9-12(4)7-8-14(13)11(2)3/h6,9,13-14,16H,1-2,7-8,10H2,3-5H3/t13-,14-,15+/m0/s1. The highest BCUT2D eigenvalue weighted by Gasteiger charge is 2.29. The minimum absolute atomic E-state index is 0.402. The van der Waals surface area contributed by atoms with E-state index in [4.69, 9.17) is 0 Å². The molecule has 3 atom stereocenters. The molecule has 0 saturated heterocycles. The van der Waals surface area contributed by atoms with Crippen LogP contribution in [0.15, 0.2) is 36.5 Å². The van der Waals surface area contributed by atoms with Crippen LogP contribution in [0.3, 0.4) is 0 Å². The minimum atomic E-state index is -0.771. The van der Waals surface area contributed by atoms with E-state index < -0.39 is 5.60 Å². The van der Waals surface area contributed by atoms with Gasteiger partial charge in [-0.25, -0.2) is 0 Å². The van der Waals surface area contributed by atoms with E-state index in [9.17, 15) is 5.11 Å². The molecule has 0 bridgehead atoms. The molecule has 0 aromatic rings. The lowest BCUT2D eigenvalue weighted by Gasteiger charge is -2.34. The highest BCUT2D eigenvalue weighted by Crippen LogP contribution is 2.37. The van der Waals surface area contributed by atoms with Gasteiger partial charge >= 0.3 is 0 Å². The molecular formula is C15H24O. The SMILES string of the molecule is C=C[C@@](C)(O)C[C@@H]1C=C(C)CC[C@H]1C(=C)C. The Morgan fingerprint density at radius 2 is 2.31 bits per heavy atom. The lowest BCUT2D eigenvalue weighted by atomic mass is 9.73. The van der Waals surface area contributed by atoms with Gasteiger partial charge in [-0.1, -0.05) is 29.9 Å². The fourth-order valence-electron chi connectivity index (χ4n) is 2.54. The molecule has 0 fully saturated rings. The van der Waals surface area contributed by atoms with E-state index in [2.05, 4.69) is 33.1 Å². The van der Waals surface area contributed by atoms with Gasteiger partial charge in [0, 0.05) is 0 Å². The first-order chi connectivity index (χ1) is 7.35. The van der Waals surface area contributed by atoms with E-state index in [1.807, 2.05) is 6.92 Å². The molecule has 0 radical (unpaired) electrons. The van der Waals surface area contributed by atoms with E-state index in [1.165, 1.54) is 11.1 Å². The summed E-state index contributed by atoms with van der Waals surface area (Å²) >= 11 is 0. The molecule has 0 heterocycles. The summed E-state index contributed by atoms with van der Waals surface area (Å²) in [7, 11) is 0. The Balaban J connectivity index is 2.84. The Morgan fingerprint density at radius 1 is 1.69 bits per heavy atom. The van der Waals surface area contributed by atoms with Gasteiger partial charge < -0.3 is 5.11 Å². The second kappa shape index (κ2) is 5.01. The fourth-order valence-corrected chi connectivity index (χ4v) is 2.54. The lowest BCUT2D eigenvalue weighted by Crippen LogP contribution is -2.29. The summed E-state index contributed by atoms with van der Waals surface area (Å²) in [6.45, 7) is 13.9. The van der Waals surface area contributed by atoms with E-state index in [0.717, 1.165) is 19.3 Å². The maximum absolute atomic E-state index is 10.1. The van der Waals surface area contributed by atoms with E-state index >= 15 is 0 Å². The maximum Gasteiger partial charge on any atom is 0.0802 e. The van der Waals surface area contributed by atoms with Crippen LogP contribution in [0.4, 0.5) is 0 Å². The highest BCUT2D eigenvalue weighted by molar-refractivity contribution is 5.15. The van der Waals surface area contributed by atoms with Gasteiger partial charge in [0.05, 0.1) is 5.60 Å². The van der Waals surface area contributed by atoms with E-state index in [1.54, 1.807) is 6.08 Å². The predicted molar refractivity (Wildman–Crippen MR) is 70.2 cm³/mol. The first kappa shape index (κ1) is 13.2. The van der Waals surface area contributed by atoms with Crippen LogP contribution in [-0.2, 0) is 0 Å². The zero-order chi connectivity index (χ0) is 12.3. The number of aliphatic hydroxyl groups is 1. The van der Waals surface area contributed by atoms with Crippen molar-refractivity contribution in [2.24, 2.45) is 11.8 Å². The molecule has 90 valence electrons. The van der Waals surface area contributed by atoms with Crippen molar-refractivity contribution in [3.05, 3.63) is 36.5 Å². The Kier molecular flexibility index (Phi) is 4.15. The van der Waals surface area contributed by atoms with Crippen molar-refractivity contribution < 1.29 is 5.11 Å². The summed E-state index contributed by atoms with van der Waals surface area (Å²) in [6, 6.07) is 0.